The van der Waals surface area contributed by atoms with E-state index < -0.39 is 16.1 Å². The number of hydrogen-bond acceptors (Lipinski definition) is 5. The van der Waals surface area contributed by atoms with Gasteiger partial charge in [0, 0.05) is 25.7 Å². The molecule has 0 aromatic heterocycles. The van der Waals surface area contributed by atoms with Crippen LogP contribution in [0.5, 0.6) is 0 Å². The van der Waals surface area contributed by atoms with Crippen LogP contribution >= 0.6 is 12.4 Å². The van der Waals surface area contributed by atoms with Crippen molar-refractivity contribution in [1.82, 2.24) is 9.62 Å². The number of benzene rings is 1. The van der Waals surface area contributed by atoms with Crippen LogP contribution in [0.2, 0.25) is 0 Å². The van der Waals surface area contributed by atoms with E-state index >= 15 is 0 Å². The molecule has 3 N–H and O–H groups in total. The molecule has 2 atom stereocenters. The number of nitrogens with zero attached hydrogens (tertiary/aromatic N) is 1. The van der Waals surface area contributed by atoms with Gasteiger partial charge in [-0.25, -0.2) is 12.7 Å². The first-order valence-electron chi connectivity index (χ1n) is 9.15. The molecule has 9 heteroatoms. The van der Waals surface area contributed by atoms with Crippen LogP contribution in [-0.4, -0.2) is 56.5 Å². The van der Waals surface area contributed by atoms with Gasteiger partial charge in [-0.15, -0.1) is 12.4 Å². The van der Waals surface area contributed by atoms with Crippen molar-refractivity contribution in [3.63, 3.8) is 0 Å². The van der Waals surface area contributed by atoms with Gasteiger partial charge in [0.1, 0.15) is 6.10 Å². The van der Waals surface area contributed by atoms with E-state index in [2.05, 4.69) is 5.32 Å². The van der Waals surface area contributed by atoms with Crippen LogP contribution in [0.4, 0.5) is 0 Å². The number of amides is 1. The van der Waals surface area contributed by atoms with Crippen LogP contribution in [0.3, 0.4) is 0 Å². The fourth-order valence-corrected chi connectivity index (χ4v) is 5.08. The van der Waals surface area contributed by atoms with Gasteiger partial charge in [0.05, 0.1) is 11.9 Å². The molecule has 2 aliphatic rings. The molecule has 3 rings (SSSR count). The van der Waals surface area contributed by atoms with Gasteiger partial charge in [-0.3, -0.25) is 4.79 Å². The van der Waals surface area contributed by atoms with Gasteiger partial charge in [0.25, 0.3) is 0 Å². The van der Waals surface area contributed by atoms with E-state index in [0.717, 1.165) is 12.0 Å². The Morgan fingerprint density at radius 1 is 1.15 bits per heavy atom. The second kappa shape index (κ2) is 9.84. The highest BCUT2D eigenvalue weighted by Gasteiger charge is 2.33. The number of carbonyl (C=O) groups is 1. The van der Waals surface area contributed by atoms with E-state index in [4.69, 9.17) is 10.5 Å². The number of ether oxygens (including phenoxy) is 1. The largest absolute Gasteiger partial charge is 0.364 e. The summed E-state index contributed by atoms with van der Waals surface area (Å²) in [4.78, 5) is 12.3. The molecule has 27 heavy (non-hydrogen) atoms. The minimum Gasteiger partial charge on any atom is -0.364 e. The number of hydrogen-bond donors (Lipinski definition) is 2. The molecule has 152 valence electrons. The third-order valence-electron chi connectivity index (χ3n) is 5.05. The molecule has 0 radical (unpaired) electrons. The van der Waals surface area contributed by atoms with Gasteiger partial charge in [-0.05, 0) is 31.2 Å². The third kappa shape index (κ3) is 5.89. The fraction of sp³-hybridized carbons (Fsp3) is 0.611. The standard InChI is InChI=1S/C18H27N3O4S.ClH/c19-12-16-6-7-17(25-16)18(22)20-15-8-10-21(11-9-15)26(23,24)13-14-4-2-1-3-5-14;/h1-5,15-17H,6-13,19H2,(H,20,22);1H/t16-,17+;/m1./s1. The van der Waals surface area contributed by atoms with E-state index in [0.29, 0.717) is 38.9 Å². The molecule has 7 nitrogen and oxygen atoms in total. The van der Waals surface area contributed by atoms with Crippen molar-refractivity contribution in [3.8, 4) is 0 Å². The number of carbonyl (C=O) groups excluding carboxylic acids is 1. The molecule has 1 aromatic rings. The van der Waals surface area contributed by atoms with Crippen LogP contribution in [0.25, 0.3) is 0 Å². The minimum absolute atomic E-state index is 0. The Bertz CT molecular complexity index is 709. The van der Waals surface area contributed by atoms with Gasteiger partial charge >= 0.3 is 0 Å². The first kappa shape index (κ1) is 22.1. The highest BCUT2D eigenvalue weighted by Crippen LogP contribution is 2.21. The first-order chi connectivity index (χ1) is 12.5. The molecule has 2 heterocycles. The van der Waals surface area contributed by atoms with Crippen LogP contribution in [0.1, 0.15) is 31.2 Å². The molecule has 2 aliphatic heterocycles. The number of nitrogens with two attached hydrogens (primary N) is 1. The second-order valence-corrected chi connectivity index (χ2v) is 8.95. The molecule has 0 aliphatic carbocycles. The lowest BCUT2D eigenvalue weighted by atomic mass is 10.1. The molecular formula is C18H28ClN3O4S. The number of nitrogens with one attached hydrogen (secondary N) is 1. The molecule has 0 bridgehead atoms. The van der Waals surface area contributed by atoms with Crippen LogP contribution < -0.4 is 11.1 Å². The lowest BCUT2D eigenvalue weighted by Gasteiger charge is -2.32. The second-order valence-electron chi connectivity index (χ2n) is 6.98. The number of halogens is 1. The highest BCUT2D eigenvalue weighted by molar-refractivity contribution is 7.88. The Balaban J connectivity index is 0.00000261. The normalized spacial score (nSPS) is 24.3. The topological polar surface area (TPSA) is 102 Å². The SMILES string of the molecule is Cl.NC[C@H]1CC[C@@H](C(=O)NC2CCN(S(=O)(=O)Cc3ccccc3)CC2)O1. The van der Waals surface area contributed by atoms with E-state index in [9.17, 15) is 13.2 Å². The summed E-state index contributed by atoms with van der Waals surface area (Å²) in [5, 5.41) is 3.00. The van der Waals surface area contributed by atoms with E-state index in [1.54, 1.807) is 0 Å². The van der Waals surface area contributed by atoms with E-state index in [-0.39, 0.29) is 36.2 Å². The van der Waals surface area contributed by atoms with E-state index in [1.165, 1.54) is 4.31 Å². The molecule has 2 fully saturated rings. The summed E-state index contributed by atoms with van der Waals surface area (Å²) >= 11 is 0. The van der Waals surface area contributed by atoms with Gasteiger partial charge < -0.3 is 15.8 Å². The lowest BCUT2D eigenvalue weighted by Crippen LogP contribution is -2.49. The zero-order chi connectivity index (χ0) is 18.6. The summed E-state index contributed by atoms with van der Waals surface area (Å²) in [5.41, 5.74) is 6.36. The van der Waals surface area contributed by atoms with Crippen molar-refractivity contribution < 1.29 is 17.9 Å². The van der Waals surface area contributed by atoms with Crippen molar-refractivity contribution in [2.45, 2.75) is 49.7 Å². The lowest BCUT2D eigenvalue weighted by molar-refractivity contribution is -0.132. The molecule has 1 amide bonds. The predicted octanol–water partition coefficient (Wildman–Crippen LogP) is 1.03. The van der Waals surface area contributed by atoms with Crippen molar-refractivity contribution in [2.24, 2.45) is 5.73 Å². The molecule has 0 saturated carbocycles. The quantitative estimate of drug-likeness (QED) is 0.719. The highest BCUT2D eigenvalue weighted by atomic mass is 35.5. The van der Waals surface area contributed by atoms with Crippen LogP contribution in [-0.2, 0) is 25.3 Å². The molecule has 0 unspecified atom stereocenters. The maximum absolute atomic E-state index is 12.6. The minimum atomic E-state index is -3.33. The van der Waals surface area contributed by atoms with Crippen LogP contribution in [0, 0.1) is 0 Å². The Kier molecular flexibility index (Phi) is 8.05. The van der Waals surface area contributed by atoms with Gasteiger partial charge in [-0.2, -0.15) is 0 Å². The smallest absolute Gasteiger partial charge is 0.249 e. The van der Waals surface area contributed by atoms with Gasteiger partial charge in [0.15, 0.2) is 0 Å². The summed E-state index contributed by atoms with van der Waals surface area (Å²) < 4.78 is 32.3. The Morgan fingerprint density at radius 2 is 1.81 bits per heavy atom. The summed E-state index contributed by atoms with van der Waals surface area (Å²) in [6.07, 6.45) is 2.28. The van der Waals surface area contributed by atoms with Gasteiger partial charge in [-0.1, -0.05) is 30.3 Å². The summed E-state index contributed by atoms with van der Waals surface area (Å²) in [6.45, 7) is 1.29. The Hall–Kier alpha value is -1.19. The molecular weight excluding hydrogens is 390 g/mol. The average Bonchev–Trinajstić information content (AvgIpc) is 3.12. The first-order valence-corrected chi connectivity index (χ1v) is 10.8. The summed E-state index contributed by atoms with van der Waals surface area (Å²) in [5.74, 6) is -0.0899. The molecule has 1 aromatic carbocycles. The fourth-order valence-electron chi connectivity index (χ4n) is 3.52. The Morgan fingerprint density at radius 3 is 2.41 bits per heavy atom. The van der Waals surface area contributed by atoms with Crippen molar-refractivity contribution in [3.05, 3.63) is 35.9 Å². The maximum atomic E-state index is 12.6. The summed E-state index contributed by atoms with van der Waals surface area (Å²) in [7, 11) is -3.33. The number of sulfonamides is 1. The van der Waals surface area contributed by atoms with Gasteiger partial charge in [0.2, 0.25) is 15.9 Å². The van der Waals surface area contributed by atoms with E-state index in [1.807, 2.05) is 30.3 Å². The number of piperidine rings is 1. The monoisotopic (exact) mass is 417 g/mol. The predicted molar refractivity (Wildman–Crippen MR) is 106 cm³/mol. The zero-order valence-corrected chi connectivity index (χ0v) is 16.9. The van der Waals surface area contributed by atoms with Crippen LogP contribution in [0.15, 0.2) is 30.3 Å². The van der Waals surface area contributed by atoms with Crippen molar-refractivity contribution >= 4 is 28.3 Å². The molecule has 2 saturated heterocycles. The number of rotatable bonds is 6. The van der Waals surface area contributed by atoms with Crippen molar-refractivity contribution in [2.75, 3.05) is 19.6 Å². The zero-order valence-electron chi connectivity index (χ0n) is 15.2. The average molecular weight is 418 g/mol. The summed E-state index contributed by atoms with van der Waals surface area (Å²) in [6, 6.07) is 9.18. The molecule has 0 spiro atoms. The maximum Gasteiger partial charge on any atom is 0.249 e. The van der Waals surface area contributed by atoms with Crippen molar-refractivity contribution in [1.29, 1.82) is 0 Å². The Labute approximate surface area is 167 Å². The third-order valence-corrected chi connectivity index (χ3v) is 6.90.